The fraction of sp³-hybridized carbons (Fsp3) is 0.444. The molecule has 104 valence electrons. The number of para-hydroxylation sites is 1. The molecule has 3 aliphatic heterocycles. The molecule has 20 heavy (non-hydrogen) atoms. The van der Waals surface area contributed by atoms with E-state index in [0.717, 1.165) is 5.92 Å². The third kappa shape index (κ3) is 1.90. The average molecular weight is 266 g/mol. The Balaban J connectivity index is 1.83. The number of nitrogens with zero attached hydrogens (tertiary/aromatic N) is 1. The molecule has 5 rings (SSSR count). The Kier molecular flexibility index (Phi) is 2.92. The van der Waals surface area contributed by atoms with Crippen LogP contribution < -0.4 is 0 Å². The van der Waals surface area contributed by atoms with E-state index in [0.29, 0.717) is 0 Å². The van der Waals surface area contributed by atoms with Crippen LogP contribution in [0.3, 0.4) is 0 Å². The van der Waals surface area contributed by atoms with Crippen LogP contribution in [0.5, 0.6) is 0 Å². The molecule has 1 unspecified atom stereocenters. The van der Waals surface area contributed by atoms with Crippen molar-refractivity contribution >= 4 is 10.9 Å². The Morgan fingerprint density at radius 3 is 3.05 bits per heavy atom. The van der Waals surface area contributed by atoms with Crippen molar-refractivity contribution in [2.75, 3.05) is 19.6 Å². The minimum atomic E-state index is 0.737. The van der Waals surface area contributed by atoms with E-state index in [-0.39, 0.29) is 0 Å². The van der Waals surface area contributed by atoms with E-state index < -0.39 is 0 Å². The first kappa shape index (κ1) is 12.2. The molecule has 0 amide bonds. The van der Waals surface area contributed by atoms with E-state index in [9.17, 15) is 0 Å². The Morgan fingerprint density at radius 1 is 1.25 bits per heavy atom. The van der Waals surface area contributed by atoms with Gasteiger partial charge in [0.2, 0.25) is 0 Å². The largest absolute Gasteiger partial charge is 0.358 e. The summed E-state index contributed by atoms with van der Waals surface area (Å²) in [5.74, 6) is 0.737. The van der Waals surface area contributed by atoms with Crippen LogP contribution in [0.2, 0.25) is 0 Å². The van der Waals surface area contributed by atoms with Crippen LogP contribution in [0.1, 0.15) is 24.6 Å². The minimum Gasteiger partial charge on any atom is -0.358 e. The number of H-pyrrole nitrogens is 1. The summed E-state index contributed by atoms with van der Waals surface area (Å²) in [6.45, 7) is 5.85. The number of aromatic amines is 1. The minimum absolute atomic E-state index is 0.737. The quantitative estimate of drug-likeness (QED) is 0.723. The number of rotatable bonds is 0. The van der Waals surface area contributed by atoms with Crippen molar-refractivity contribution in [1.29, 1.82) is 0 Å². The van der Waals surface area contributed by atoms with Crippen molar-refractivity contribution in [2.45, 2.75) is 26.2 Å². The predicted octanol–water partition coefficient (Wildman–Crippen LogP) is 3.53. The fourth-order valence-corrected chi connectivity index (χ4v) is 3.97. The highest BCUT2D eigenvalue weighted by molar-refractivity contribution is 5.84. The highest BCUT2D eigenvalue weighted by Crippen LogP contribution is 2.32. The third-order valence-electron chi connectivity index (χ3n) is 5.13. The number of fused-ring (bicyclic) bond motifs is 4. The second-order valence-electron chi connectivity index (χ2n) is 6.21. The number of hydrogen-bond acceptors (Lipinski definition) is 1. The van der Waals surface area contributed by atoms with Crippen molar-refractivity contribution in [3.05, 3.63) is 47.2 Å². The molecule has 0 saturated carbocycles. The van der Waals surface area contributed by atoms with Gasteiger partial charge in [0.05, 0.1) is 0 Å². The van der Waals surface area contributed by atoms with Crippen molar-refractivity contribution in [2.24, 2.45) is 5.92 Å². The van der Waals surface area contributed by atoms with Crippen molar-refractivity contribution in [3.63, 3.8) is 0 Å². The first-order valence-electron chi connectivity index (χ1n) is 7.81. The lowest BCUT2D eigenvalue weighted by molar-refractivity contribution is 0.239. The average Bonchev–Trinajstić information content (AvgIpc) is 2.87. The molecule has 4 heterocycles. The molecule has 2 aromatic rings. The second-order valence-corrected chi connectivity index (χ2v) is 6.21. The molecule has 0 radical (unpaired) electrons. The van der Waals surface area contributed by atoms with Crippen molar-refractivity contribution in [3.8, 4) is 0 Å². The molecule has 1 saturated heterocycles. The lowest BCUT2D eigenvalue weighted by Crippen LogP contribution is -2.36. The van der Waals surface area contributed by atoms with Crippen LogP contribution in [-0.2, 0) is 12.8 Å². The number of piperidine rings is 1. The summed E-state index contributed by atoms with van der Waals surface area (Å²) in [6.07, 6.45) is 6.04. The van der Waals surface area contributed by atoms with E-state index in [1.165, 1.54) is 55.5 Å². The predicted molar refractivity (Wildman–Crippen MR) is 84.0 cm³/mol. The molecule has 2 bridgehead atoms. The lowest BCUT2D eigenvalue weighted by Gasteiger charge is -2.33. The van der Waals surface area contributed by atoms with Crippen LogP contribution >= 0.6 is 0 Å². The third-order valence-corrected chi connectivity index (χ3v) is 5.13. The van der Waals surface area contributed by atoms with Gasteiger partial charge < -0.3 is 4.98 Å². The van der Waals surface area contributed by atoms with Gasteiger partial charge in [0.25, 0.3) is 0 Å². The Bertz CT molecular complexity index is 665. The SMILES string of the molecule is CC=C1CN2CCc3c([nH]c4ccccc34)C[C@@H]1CC2. The number of benzene rings is 1. The highest BCUT2D eigenvalue weighted by Gasteiger charge is 2.27. The number of aromatic nitrogens is 1. The highest BCUT2D eigenvalue weighted by atomic mass is 15.1. The van der Waals surface area contributed by atoms with Crippen LogP contribution in [0.4, 0.5) is 0 Å². The van der Waals surface area contributed by atoms with Gasteiger partial charge in [0, 0.05) is 29.7 Å². The lowest BCUT2D eigenvalue weighted by atomic mass is 9.87. The molecule has 1 aromatic heterocycles. The zero-order valence-electron chi connectivity index (χ0n) is 12.2. The van der Waals surface area contributed by atoms with Gasteiger partial charge in [-0.3, -0.25) is 4.90 Å². The van der Waals surface area contributed by atoms with Crippen molar-refractivity contribution < 1.29 is 0 Å². The zero-order valence-corrected chi connectivity index (χ0v) is 12.2. The molecule has 1 N–H and O–H groups in total. The molecule has 2 nitrogen and oxygen atoms in total. The second kappa shape index (κ2) is 4.78. The maximum Gasteiger partial charge on any atom is 0.0458 e. The van der Waals surface area contributed by atoms with Gasteiger partial charge in [-0.2, -0.15) is 0 Å². The molecular formula is C18H22N2. The molecule has 0 spiro atoms. The summed E-state index contributed by atoms with van der Waals surface area (Å²) >= 11 is 0. The Labute approximate surface area is 120 Å². The van der Waals surface area contributed by atoms with Crippen LogP contribution in [-0.4, -0.2) is 29.5 Å². The Hall–Kier alpha value is -1.54. The summed E-state index contributed by atoms with van der Waals surface area (Å²) in [4.78, 5) is 6.32. The van der Waals surface area contributed by atoms with E-state index in [4.69, 9.17) is 0 Å². The maximum atomic E-state index is 3.69. The Morgan fingerprint density at radius 2 is 2.15 bits per heavy atom. The topological polar surface area (TPSA) is 19.0 Å². The maximum absolute atomic E-state index is 3.69. The number of allylic oxidation sites excluding steroid dienone is 1. The number of hydrogen-bond donors (Lipinski definition) is 1. The molecule has 1 aromatic carbocycles. The number of nitrogens with one attached hydrogen (secondary N) is 1. The fourth-order valence-electron chi connectivity index (χ4n) is 3.97. The first-order valence-corrected chi connectivity index (χ1v) is 7.81. The van der Waals surface area contributed by atoms with Gasteiger partial charge in [-0.05, 0) is 50.3 Å². The van der Waals surface area contributed by atoms with Crippen LogP contribution in [0, 0.1) is 5.92 Å². The summed E-state index contributed by atoms with van der Waals surface area (Å²) in [6, 6.07) is 8.78. The van der Waals surface area contributed by atoms with E-state index in [2.05, 4.69) is 47.1 Å². The van der Waals surface area contributed by atoms with Crippen LogP contribution in [0.25, 0.3) is 10.9 Å². The van der Waals surface area contributed by atoms with E-state index in [1.807, 2.05) is 0 Å². The summed E-state index contributed by atoms with van der Waals surface area (Å²) in [7, 11) is 0. The van der Waals surface area contributed by atoms with Gasteiger partial charge >= 0.3 is 0 Å². The molecule has 3 aliphatic rings. The summed E-state index contributed by atoms with van der Waals surface area (Å²) < 4.78 is 0. The molecule has 0 aliphatic carbocycles. The summed E-state index contributed by atoms with van der Waals surface area (Å²) in [5, 5.41) is 1.44. The molecule has 2 heteroatoms. The molecule has 1 fully saturated rings. The van der Waals surface area contributed by atoms with Gasteiger partial charge in [-0.15, -0.1) is 0 Å². The van der Waals surface area contributed by atoms with E-state index in [1.54, 1.807) is 11.1 Å². The van der Waals surface area contributed by atoms with Crippen molar-refractivity contribution in [1.82, 2.24) is 9.88 Å². The monoisotopic (exact) mass is 266 g/mol. The van der Waals surface area contributed by atoms with Gasteiger partial charge in [-0.1, -0.05) is 29.8 Å². The summed E-state index contributed by atoms with van der Waals surface area (Å²) in [5.41, 5.74) is 6.00. The van der Waals surface area contributed by atoms with E-state index >= 15 is 0 Å². The van der Waals surface area contributed by atoms with Gasteiger partial charge in [-0.25, -0.2) is 0 Å². The van der Waals surface area contributed by atoms with Gasteiger partial charge in [0.1, 0.15) is 0 Å². The zero-order chi connectivity index (χ0) is 13.5. The normalized spacial score (nSPS) is 28.1. The standard InChI is InChI=1S/C18H22N2/c1-2-13-12-20-9-7-14(13)11-18-16(8-10-20)15-5-3-4-6-17(15)19-18/h2-6,14,19H,7-12H2,1H3/t14-/m0/s1. The molecular weight excluding hydrogens is 244 g/mol. The molecule has 2 atom stereocenters. The first-order chi connectivity index (χ1) is 9.85. The van der Waals surface area contributed by atoms with Crippen LogP contribution in [0.15, 0.2) is 35.9 Å². The smallest absolute Gasteiger partial charge is 0.0458 e. The van der Waals surface area contributed by atoms with Gasteiger partial charge in [0.15, 0.2) is 0 Å².